The van der Waals surface area contributed by atoms with Gasteiger partial charge in [0, 0.05) is 43.0 Å². The predicted molar refractivity (Wildman–Crippen MR) is 136 cm³/mol. The monoisotopic (exact) mass is 476 g/mol. The lowest BCUT2D eigenvalue weighted by Gasteiger charge is -2.21. The van der Waals surface area contributed by atoms with E-state index in [0.717, 1.165) is 28.3 Å². The zero-order valence-corrected chi connectivity index (χ0v) is 20.6. The Labute approximate surface area is 205 Å². The number of carbonyl (C=O) groups is 1. The van der Waals surface area contributed by atoms with E-state index in [9.17, 15) is 9.59 Å². The van der Waals surface area contributed by atoms with E-state index in [4.69, 9.17) is 9.47 Å². The summed E-state index contributed by atoms with van der Waals surface area (Å²) in [6, 6.07) is 13.1. The number of nitrogens with zero attached hydrogens (tertiary/aromatic N) is 1. The quantitative estimate of drug-likeness (QED) is 0.481. The van der Waals surface area contributed by atoms with E-state index in [2.05, 4.69) is 22.5 Å². The number of amides is 1. The summed E-state index contributed by atoms with van der Waals surface area (Å²) in [7, 11) is 0. The third-order valence-corrected chi connectivity index (χ3v) is 5.58. The van der Waals surface area contributed by atoms with Gasteiger partial charge in [0.05, 0.1) is 12.3 Å². The summed E-state index contributed by atoms with van der Waals surface area (Å²) < 4.78 is 12.9. The van der Waals surface area contributed by atoms with Crippen LogP contribution in [0.15, 0.2) is 65.7 Å². The van der Waals surface area contributed by atoms with Crippen molar-refractivity contribution in [1.29, 1.82) is 0 Å². The van der Waals surface area contributed by atoms with Crippen molar-refractivity contribution in [2.75, 3.05) is 6.61 Å². The van der Waals surface area contributed by atoms with Gasteiger partial charge in [-0.15, -0.1) is 0 Å². The van der Waals surface area contributed by atoms with Crippen molar-refractivity contribution in [3.8, 4) is 11.6 Å². The van der Waals surface area contributed by atoms with Gasteiger partial charge < -0.3 is 19.8 Å². The molecule has 1 aliphatic rings. The summed E-state index contributed by atoms with van der Waals surface area (Å²) in [4.78, 5) is 27.6. The normalized spacial score (nSPS) is 14.2. The van der Waals surface area contributed by atoms with E-state index in [1.807, 2.05) is 63.4 Å². The number of aromatic nitrogens is 2. The molecular weight excluding hydrogens is 444 g/mol. The third-order valence-electron chi connectivity index (χ3n) is 5.58. The predicted octanol–water partition coefficient (Wildman–Crippen LogP) is 4.66. The summed E-state index contributed by atoms with van der Waals surface area (Å²) in [5.74, 6) is 1.45. The SMILES string of the molecule is CC(NCc1ccc2c(c1)C(NC(=O)OC(C)(C)C)=CCCO2)c1c[nH]c(-n2ccccc2=O)c1. The number of H-pyrrole nitrogens is 1. The van der Waals surface area contributed by atoms with Gasteiger partial charge in [-0.05, 0) is 63.1 Å². The highest BCUT2D eigenvalue weighted by Gasteiger charge is 2.20. The number of nitrogens with one attached hydrogen (secondary N) is 3. The van der Waals surface area contributed by atoms with Gasteiger partial charge >= 0.3 is 6.09 Å². The fourth-order valence-corrected chi connectivity index (χ4v) is 3.84. The van der Waals surface area contributed by atoms with Crippen LogP contribution in [-0.4, -0.2) is 27.9 Å². The maximum Gasteiger partial charge on any atom is 0.412 e. The molecule has 0 bridgehead atoms. The molecule has 3 aromatic rings. The number of pyridine rings is 1. The van der Waals surface area contributed by atoms with Crippen molar-refractivity contribution >= 4 is 11.8 Å². The van der Waals surface area contributed by atoms with Crippen molar-refractivity contribution in [2.24, 2.45) is 0 Å². The maximum atomic E-state index is 12.4. The zero-order valence-electron chi connectivity index (χ0n) is 20.6. The van der Waals surface area contributed by atoms with Crippen LogP contribution in [0.3, 0.4) is 0 Å². The van der Waals surface area contributed by atoms with Crippen molar-refractivity contribution in [1.82, 2.24) is 20.2 Å². The molecule has 8 heteroatoms. The minimum atomic E-state index is -0.580. The van der Waals surface area contributed by atoms with Gasteiger partial charge in [-0.2, -0.15) is 0 Å². The molecule has 1 amide bonds. The Bertz CT molecular complexity index is 1280. The molecule has 1 aromatic carbocycles. The molecule has 1 aliphatic heterocycles. The molecule has 0 fully saturated rings. The summed E-state index contributed by atoms with van der Waals surface area (Å²) in [6.45, 7) is 8.73. The van der Waals surface area contributed by atoms with Gasteiger partial charge in [-0.25, -0.2) is 4.79 Å². The minimum Gasteiger partial charge on any atom is -0.493 e. The standard InChI is InChI=1S/C27H32N4O4/c1-18(20-15-24(29-17-20)31-12-6-5-9-25(31)32)28-16-19-10-11-23-21(14-19)22(8-7-13-34-23)30-26(33)35-27(2,3)4/h5-6,8-12,14-15,17-18,28-29H,7,13,16H2,1-4H3,(H,30,33). The van der Waals surface area contributed by atoms with Crippen LogP contribution < -0.4 is 20.9 Å². The summed E-state index contributed by atoms with van der Waals surface area (Å²) in [6.07, 6.45) is 5.80. The largest absolute Gasteiger partial charge is 0.493 e. The highest BCUT2D eigenvalue weighted by molar-refractivity contribution is 5.84. The van der Waals surface area contributed by atoms with Crippen molar-refractivity contribution in [2.45, 2.75) is 52.3 Å². The number of fused-ring (bicyclic) bond motifs is 1. The number of hydrogen-bond acceptors (Lipinski definition) is 5. The van der Waals surface area contributed by atoms with Crippen LogP contribution in [0.25, 0.3) is 11.5 Å². The van der Waals surface area contributed by atoms with E-state index in [0.29, 0.717) is 25.3 Å². The van der Waals surface area contributed by atoms with Crippen molar-refractivity contribution in [3.05, 3.63) is 88.0 Å². The number of alkyl carbamates (subject to hydrolysis) is 1. The smallest absolute Gasteiger partial charge is 0.412 e. The first-order chi connectivity index (χ1) is 16.7. The minimum absolute atomic E-state index is 0.0457. The molecular formula is C27H32N4O4. The fourth-order valence-electron chi connectivity index (χ4n) is 3.84. The highest BCUT2D eigenvalue weighted by Crippen LogP contribution is 2.29. The molecule has 0 spiro atoms. The average Bonchev–Trinajstić information content (AvgIpc) is 3.21. The second-order valence-electron chi connectivity index (χ2n) is 9.54. The van der Waals surface area contributed by atoms with Crippen LogP contribution in [0, 0.1) is 0 Å². The first kappa shape index (κ1) is 24.3. The van der Waals surface area contributed by atoms with Crippen LogP contribution in [0.2, 0.25) is 0 Å². The number of rotatable bonds is 6. The fraction of sp³-hybridized carbons (Fsp3) is 0.333. The van der Waals surface area contributed by atoms with E-state index in [-0.39, 0.29) is 11.6 Å². The van der Waals surface area contributed by atoms with Gasteiger partial charge in [-0.1, -0.05) is 18.2 Å². The van der Waals surface area contributed by atoms with Crippen molar-refractivity contribution < 1.29 is 14.3 Å². The Kier molecular flexibility index (Phi) is 7.12. The highest BCUT2D eigenvalue weighted by atomic mass is 16.6. The number of hydrogen-bond donors (Lipinski definition) is 3. The molecule has 35 heavy (non-hydrogen) atoms. The number of ether oxygens (including phenoxy) is 2. The third kappa shape index (κ3) is 6.22. The van der Waals surface area contributed by atoms with E-state index in [1.54, 1.807) is 16.8 Å². The Balaban J connectivity index is 1.45. The molecule has 0 radical (unpaired) electrons. The van der Waals surface area contributed by atoms with E-state index >= 15 is 0 Å². The van der Waals surface area contributed by atoms with Crippen LogP contribution in [0.1, 0.15) is 56.8 Å². The van der Waals surface area contributed by atoms with Gasteiger partial charge in [0.1, 0.15) is 17.2 Å². The molecule has 4 rings (SSSR count). The Morgan fingerprint density at radius 1 is 1.23 bits per heavy atom. The molecule has 2 aromatic heterocycles. The van der Waals surface area contributed by atoms with Gasteiger partial charge in [0.2, 0.25) is 0 Å². The van der Waals surface area contributed by atoms with Crippen molar-refractivity contribution in [3.63, 3.8) is 0 Å². The zero-order chi connectivity index (χ0) is 25.0. The molecule has 8 nitrogen and oxygen atoms in total. The molecule has 0 saturated carbocycles. The summed E-state index contributed by atoms with van der Waals surface area (Å²) >= 11 is 0. The Hall–Kier alpha value is -3.78. The molecule has 0 aliphatic carbocycles. The Morgan fingerprint density at radius 3 is 2.83 bits per heavy atom. The lowest BCUT2D eigenvalue weighted by Crippen LogP contribution is -2.31. The lowest BCUT2D eigenvalue weighted by atomic mass is 10.1. The first-order valence-corrected chi connectivity index (χ1v) is 11.8. The summed E-state index contributed by atoms with van der Waals surface area (Å²) in [5, 5.41) is 6.40. The van der Waals surface area contributed by atoms with Crippen LogP contribution >= 0.6 is 0 Å². The van der Waals surface area contributed by atoms with Gasteiger partial charge in [0.25, 0.3) is 5.56 Å². The lowest BCUT2D eigenvalue weighted by molar-refractivity contribution is 0.0558. The molecule has 3 N–H and O–H groups in total. The van der Waals surface area contributed by atoms with Crippen LogP contribution in [0.5, 0.6) is 5.75 Å². The molecule has 1 atom stereocenters. The molecule has 184 valence electrons. The molecule has 3 heterocycles. The number of aromatic amines is 1. The van der Waals surface area contributed by atoms with Gasteiger partial charge in [-0.3, -0.25) is 14.7 Å². The van der Waals surface area contributed by atoms with E-state index < -0.39 is 11.7 Å². The molecule has 1 unspecified atom stereocenters. The average molecular weight is 477 g/mol. The summed E-state index contributed by atoms with van der Waals surface area (Å²) in [5.41, 5.74) is 2.94. The Morgan fingerprint density at radius 2 is 2.06 bits per heavy atom. The van der Waals surface area contributed by atoms with E-state index in [1.165, 1.54) is 6.07 Å². The maximum absolute atomic E-state index is 12.4. The topological polar surface area (TPSA) is 97.4 Å². The second-order valence-corrected chi connectivity index (χ2v) is 9.54. The molecule has 0 saturated heterocycles. The first-order valence-electron chi connectivity index (χ1n) is 11.8. The number of benzene rings is 1. The van der Waals surface area contributed by atoms with Crippen LogP contribution in [0.4, 0.5) is 4.79 Å². The number of carbonyl (C=O) groups excluding carboxylic acids is 1. The second kappa shape index (κ2) is 10.2. The van der Waals surface area contributed by atoms with Crippen LogP contribution in [-0.2, 0) is 11.3 Å². The van der Waals surface area contributed by atoms with Gasteiger partial charge in [0.15, 0.2) is 0 Å².